The first-order valence-corrected chi connectivity index (χ1v) is 12.0. The van der Waals surface area contributed by atoms with E-state index in [-0.39, 0.29) is 26.2 Å². The molecule has 4 rings (SSSR count). The summed E-state index contributed by atoms with van der Waals surface area (Å²) in [4.78, 5) is 0. The fraction of sp³-hybridized carbons (Fsp3) is 0.333. The molecule has 2 aliphatic carbocycles. The summed E-state index contributed by atoms with van der Waals surface area (Å²) in [6, 6.07) is 17.3. The van der Waals surface area contributed by atoms with E-state index < -0.39 is 18.5 Å². The predicted octanol–water partition coefficient (Wildman–Crippen LogP) is 6.73. The summed E-state index contributed by atoms with van der Waals surface area (Å²) in [5.74, 6) is 0. The van der Waals surface area contributed by atoms with Gasteiger partial charge in [-0.3, -0.25) is 0 Å². The molecule has 4 heteroatoms. The maximum Gasteiger partial charge on any atom is 0.0923 e. The zero-order valence-electron chi connectivity index (χ0n) is 17.0. The Labute approximate surface area is 200 Å². The minimum Gasteiger partial charge on any atom is -0.114 e. The van der Waals surface area contributed by atoms with Crippen LogP contribution in [-0.2, 0) is 35.2 Å². The van der Waals surface area contributed by atoms with Crippen molar-refractivity contribution in [1.29, 1.82) is 0 Å². The van der Waals surface area contributed by atoms with Crippen molar-refractivity contribution in [3.05, 3.63) is 81.9 Å². The van der Waals surface area contributed by atoms with Gasteiger partial charge in [-0.2, -0.15) is 0 Å². The maximum atomic E-state index is 7.57. The molecule has 2 unspecified atom stereocenters. The number of benzene rings is 2. The molecule has 0 spiro atoms. The number of hydrogen-bond acceptors (Lipinski definition) is 0. The number of hydrogen-bond donors (Lipinski definition) is 0. The summed E-state index contributed by atoms with van der Waals surface area (Å²) in [5.41, 5.74) is 10.6. The molecule has 144 valence electrons. The normalized spacial score (nSPS) is 26.1. The number of alkyl halides is 2. The van der Waals surface area contributed by atoms with Gasteiger partial charge in [0.05, 0.1) is 18.5 Å². The van der Waals surface area contributed by atoms with Gasteiger partial charge in [-0.1, -0.05) is 62.4 Å². The average Bonchev–Trinajstić information content (AvgIpc) is 3.01. The Morgan fingerprint density at radius 3 is 1.43 bits per heavy atom. The van der Waals surface area contributed by atoms with Crippen molar-refractivity contribution in [2.75, 3.05) is 0 Å². The Balaban J connectivity index is 0.00000225. The molecule has 0 aliphatic heterocycles. The van der Waals surface area contributed by atoms with Crippen LogP contribution >= 0.6 is 23.2 Å². The van der Waals surface area contributed by atoms with E-state index in [0.717, 1.165) is 12.8 Å². The van der Waals surface area contributed by atoms with Gasteiger partial charge in [0.15, 0.2) is 0 Å². The third-order valence-electron chi connectivity index (χ3n) is 6.57. The van der Waals surface area contributed by atoms with Crippen LogP contribution < -0.4 is 0 Å². The van der Waals surface area contributed by atoms with Gasteiger partial charge >= 0.3 is 0 Å². The van der Waals surface area contributed by atoms with Gasteiger partial charge in [0, 0.05) is 26.2 Å². The summed E-state index contributed by atoms with van der Waals surface area (Å²) >= 11 is 15.1. The number of allylic oxidation sites excluding steroid dienone is 4. The Bertz CT molecular complexity index is 914. The Kier molecular flexibility index (Phi) is 6.39. The summed E-state index contributed by atoms with van der Waals surface area (Å²) < 4.78 is -0.843. The van der Waals surface area contributed by atoms with E-state index in [0.29, 0.717) is 0 Å². The number of fused-ring (bicyclic) bond motifs is 2. The summed E-state index contributed by atoms with van der Waals surface area (Å²) in [7, 11) is -1.01. The summed E-state index contributed by atoms with van der Waals surface area (Å²) in [6.45, 7) is 8.90. The van der Waals surface area contributed by atoms with E-state index in [1.807, 2.05) is 0 Å². The average molecular weight is 505 g/mol. The van der Waals surface area contributed by atoms with Crippen molar-refractivity contribution >= 4 is 43.9 Å². The molecule has 0 fully saturated rings. The Morgan fingerprint density at radius 1 is 0.714 bits per heavy atom. The molecule has 0 aromatic heterocycles. The fourth-order valence-corrected chi connectivity index (χ4v) is 10.8. The second-order valence-corrected chi connectivity index (χ2v) is 12.4. The smallest absolute Gasteiger partial charge is 0.0923 e. The molecule has 2 aromatic carbocycles. The van der Waals surface area contributed by atoms with Crippen LogP contribution in [0.3, 0.4) is 0 Å². The topological polar surface area (TPSA) is 0 Å². The van der Waals surface area contributed by atoms with Crippen LogP contribution in [0.4, 0.5) is 0 Å². The maximum absolute atomic E-state index is 7.57. The zero-order valence-corrected chi connectivity index (χ0v) is 22.4. The van der Waals surface area contributed by atoms with Crippen LogP contribution in [0.25, 0.3) is 11.1 Å². The largest absolute Gasteiger partial charge is 0.114 e. The predicted molar refractivity (Wildman–Crippen MR) is 122 cm³/mol. The quantitative estimate of drug-likeness (QED) is 0.320. The van der Waals surface area contributed by atoms with Gasteiger partial charge in [-0.05, 0) is 71.2 Å². The fourth-order valence-electron chi connectivity index (χ4n) is 5.39. The molecule has 0 saturated carbocycles. The van der Waals surface area contributed by atoms with Crippen LogP contribution in [-0.4, -0.2) is 9.52 Å². The van der Waals surface area contributed by atoms with E-state index in [2.05, 4.69) is 76.2 Å². The molecule has 0 amide bonds. The van der Waals surface area contributed by atoms with Crippen molar-refractivity contribution in [2.24, 2.45) is 0 Å². The van der Waals surface area contributed by atoms with Crippen molar-refractivity contribution in [2.45, 2.75) is 49.5 Å². The molecule has 2 aliphatic rings. The Hall–Kier alpha value is -0.400. The van der Waals surface area contributed by atoms with Crippen LogP contribution in [0, 0.1) is 0 Å². The molecule has 28 heavy (non-hydrogen) atoms. The molecule has 2 atom stereocenters. The first-order chi connectivity index (χ1) is 12.9. The van der Waals surface area contributed by atoms with Crippen molar-refractivity contribution < 1.29 is 26.2 Å². The van der Waals surface area contributed by atoms with Gasteiger partial charge in [0.2, 0.25) is 0 Å². The van der Waals surface area contributed by atoms with Crippen molar-refractivity contribution in [3.8, 4) is 0 Å². The summed E-state index contributed by atoms with van der Waals surface area (Å²) in [6.07, 6.45) is 1.94. The van der Waals surface area contributed by atoms with Crippen LogP contribution in [0.15, 0.2) is 59.7 Å². The summed E-state index contributed by atoms with van der Waals surface area (Å²) in [5, 5.41) is 0. The van der Waals surface area contributed by atoms with Gasteiger partial charge in [0.25, 0.3) is 0 Å². The molecule has 0 nitrogen and oxygen atoms in total. The Morgan fingerprint density at radius 2 is 1.07 bits per heavy atom. The van der Waals surface area contributed by atoms with E-state index in [9.17, 15) is 0 Å². The molecule has 0 radical (unpaired) electrons. The molecular formula is C24H26Cl2SiZr. The van der Waals surface area contributed by atoms with Gasteiger partial charge in [-0.15, -0.1) is 23.2 Å². The first-order valence-electron chi connectivity index (χ1n) is 9.86. The molecule has 0 saturated heterocycles. The van der Waals surface area contributed by atoms with Gasteiger partial charge in [0.1, 0.15) is 0 Å². The molecular weight excluding hydrogens is 478 g/mol. The zero-order chi connectivity index (χ0) is 19.4. The molecule has 0 heterocycles. The molecule has 0 bridgehead atoms. The van der Waals surface area contributed by atoms with Crippen LogP contribution in [0.2, 0.25) is 0 Å². The third kappa shape index (κ3) is 3.02. The van der Waals surface area contributed by atoms with E-state index >= 15 is 0 Å². The molecule has 0 N–H and O–H groups in total. The van der Waals surface area contributed by atoms with E-state index in [1.54, 1.807) is 0 Å². The first kappa shape index (κ1) is 22.3. The van der Waals surface area contributed by atoms with Gasteiger partial charge < -0.3 is 0 Å². The van der Waals surface area contributed by atoms with Gasteiger partial charge in [-0.25, -0.2) is 0 Å². The van der Waals surface area contributed by atoms with Crippen molar-refractivity contribution in [1.82, 2.24) is 0 Å². The number of rotatable bonds is 4. The second kappa shape index (κ2) is 8.03. The molecule has 2 aromatic rings. The third-order valence-corrected chi connectivity index (χ3v) is 10.8. The van der Waals surface area contributed by atoms with Crippen LogP contribution in [0.1, 0.15) is 62.8 Å². The second-order valence-electron chi connectivity index (χ2n) is 7.78. The van der Waals surface area contributed by atoms with Crippen molar-refractivity contribution in [3.63, 3.8) is 0 Å². The standard InChI is InChI=1S/C24H26Cl2Si.Zr/c1-5-19-15(3)17-11-7-9-13-21(17)23(19,25)27-24(26)20(6-2)16(4)18-12-8-10-14-22(18)24;/h7-14H,5-6,27H2,1-4H3;. The van der Waals surface area contributed by atoms with Crippen LogP contribution in [0.5, 0.6) is 0 Å². The number of halogens is 2. The van der Waals surface area contributed by atoms with E-state index in [4.69, 9.17) is 23.2 Å². The minimum atomic E-state index is -1.01. The monoisotopic (exact) mass is 502 g/mol. The van der Waals surface area contributed by atoms with E-state index in [1.165, 1.54) is 44.5 Å². The minimum absolute atomic E-state index is 0. The SMILES string of the molecule is CCC1=C(C)c2ccccc2C1(Cl)[SiH2]C1(Cl)C(CC)=C(C)c2ccccc21.[Zr].